The van der Waals surface area contributed by atoms with E-state index in [-0.39, 0.29) is 22.8 Å². The molecule has 0 radical (unpaired) electrons. The lowest BCUT2D eigenvalue weighted by atomic mass is 10.0. The van der Waals surface area contributed by atoms with Crippen molar-refractivity contribution in [3.8, 4) is 0 Å². The maximum atomic E-state index is 10.8. The van der Waals surface area contributed by atoms with Gasteiger partial charge in [-0.15, -0.1) is 0 Å². The molecule has 0 bridgehead atoms. The van der Waals surface area contributed by atoms with Crippen LogP contribution in [-0.2, 0) is 4.74 Å². The molecule has 0 aliphatic carbocycles. The van der Waals surface area contributed by atoms with E-state index in [9.17, 15) is 10.1 Å². The number of hydrogen-bond donors (Lipinski definition) is 0. The molecular weight excluding hydrogens is 230 g/mol. The molecule has 2 rings (SSSR count). The SMILES string of the molecule is CC1=CC[C@H](C)O[C@H](c2cccc([N+](=O)[O-])c2)C1. The zero-order valence-corrected chi connectivity index (χ0v) is 10.6. The fraction of sp³-hybridized carbons (Fsp3) is 0.429. The number of benzene rings is 1. The highest BCUT2D eigenvalue weighted by molar-refractivity contribution is 5.36. The largest absolute Gasteiger partial charge is 0.370 e. The van der Waals surface area contributed by atoms with Crippen LogP contribution in [0.1, 0.15) is 38.4 Å². The van der Waals surface area contributed by atoms with Crippen molar-refractivity contribution in [1.82, 2.24) is 0 Å². The molecule has 0 spiro atoms. The number of nitro groups is 1. The average molecular weight is 247 g/mol. The van der Waals surface area contributed by atoms with E-state index < -0.39 is 0 Å². The van der Waals surface area contributed by atoms with Crippen molar-refractivity contribution < 1.29 is 9.66 Å². The molecular formula is C14H17NO3. The standard InChI is InChI=1S/C14H17NO3/c1-10-6-7-11(2)18-14(8-10)12-4-3-5-13(9-12)15(16)17/h3-6,9,11,14H,7-8H2,1-2H3/t11-,14-/m0/s1. The molecule has 1 aromatic carbocycles. The maximum Gasteiger partial charge on any atom is 0.269 e. The van der Waals surface area contributed by atoms with Crippen LogP contribution in [-0.4, -0.2) is 11.0 Å². The van der Waals surface area contributed by atoms with Crippen LogP contribution in [0.5, 0.6) is 0 Å². The molecule has 4 nitrogen and oxygen atoms in total. The van der Waals surface area contributed by atoms with Crippen LogP contribution in [0.2, 0.25) is 0 Å². The van der Waals surface area contributed by atoms with Crippen LogP contribution in [0.25, 0.3) is 0 Å². The van der Waals surface area contributed by atoms with E-state index in [1.807, 2.05) is 13.0 Å². The third-order valence-electron chi connectivity index (χ3n) is 3.15. The van der Waals surface area contributed by atoms with E-state index in [1.54, 1.807) is 12.1 Å². The third-order valence-corrected chi connectivity index (χ3v) is 3.15. The molecule has 0 fully saturated rings. The van der Waals surface area contributed by atoms with Crippen molar-refractivity contribution >= 4 is 5.69 Å². The van der Waals surface area contributed by atoms with Crippen molar-refractivity contribution in [2.24, 2.45) is 0 Å². The molecule has 1 aliphatic rings. The summed E-state index contributed by atoms with van der Waals surface area (Å²) < 4.78 is 5.93. The van der Waals surface area contributed by atoms with E-state index in [4.69, 9.17) is 4.74 Å². The van der Waals surface area contributed by atoms with E-state index in [1.165, 1.54) is 11.6 Å². The van der Waals surface area contributed by atoms with Gasteiger partial charge in [0.25, 0.3) is 5.69 Å². The predicted molar refractivity (Wildman–Crippen MR) is 69.4 cm³/mol. The summed E-state index contributed by atoms with van der Waals surface area (Å²) in [4.78, 5) is 10.4. The minimum atomic E-state index is -0.369. The Balaban J connectivity index is 2.27. The Hall–Kier alpha value is -1.68. The Kier molecular flexibility index (Phi) is 3.77. The summed E-state index contributed by atoms with van der Waals surface area (Å²) in [5.74, 6) is 0. The summed E-state index contributed by atoms with van der Waals surface area (Å²) >= 11 is 0. The van der Waals surface area contributed by atoms with Crippen LogP contribution in [0.15, 0.2) is 35.9 Å². The molecule has 18 heavy (non-hydrogen) atoms. The summed E-state index contributed by atoms with van der Waals surface area (Å²) in [6, 6.07) is 6.72. The topological polar surface area (TPSA) is 52.4 Å². The first-order valence-corrected chi connectivity index (χ1v) is 6.11. The minimum Gasteiger partial charge on any atom is -0.370 e. The van der Waals surface area contributed by atoms with Crippen molar-refractivity contribution in [1.29, 1.82) is 0 Å². The quantitative estimate of drug-likeness (QED) is 0.454. The lowest BCUT2D eigenvalue weighted by Gasteiger charge is -2.19. The van der Waals surface area contributed by atoms with Crippen molar-refractivity contribution in [2.45, 2.75) is 38.9 Å². The number of nitro benzene ring substituents is 1. The Morgan fingerprint density at radius 1 is 1.44 bits per heavy atom. The van der Waals surface area contributed by atoms with Crippen molar-refractivity contribution in [3.63, 3.8) is 0 Å². The van der Waals surface area contributed by atoms with Gasteiger partial charge < -0.3 is 4.74 Å². The number of ether oxygens (including phenoxy) is 1. The van der Waals surface area contributed by atoms with E-state index >= 15 is 0 Å². The Morgan fingerprint density at radius 2 is 2.22 bits per heavy atom. The van der Waals surface area contributed by atoms with Gasteiger partial charge in [-0.2, -0.15) is 0 Å². The summed E-state index contributed by atoms with van der Waals surface area (Å²) in [5, 5.41) is 10.8. The van der Waals surface area contributed by atoms with Gasteiger partial charge in [0.1, 0.15) is 0 Å². The number of non-ortho nitro benzene ring substituents is 1. The highest BCUT2D eigenvalue weighted by atomic mass is 16.6. The first kappa shape index (κ1) is 12.8. The second-order valence-electron chi connectivity index (χ2n) is 4.78. The lowest BCUT2D eigenvalue weighted by molar-refractivity contribution is -0.385. The van der Waals surface area contributed by atoms with Crippen molar-refractivity contribution in [2.75, 3.05) is 0 Å². The molecule has 0 amide bonds. The molecule has 0 N–H and O–H groups in total. The molecule has 0 aromatic heterocycles. The van der Waals surface area contributed by atoms with Crippen LogP contribution in [0, 0.1) is 10.1 Å². The van der Waals surface area contributed by atoms with Gasteiger partial charge in [0.05, 0.1) is 17.1 Å². The fourth-order valence-corrected chi connectivity index (χ4v) is 2.16. The predicted octanol–water partition coefficient (Wildman–Crippen LogP) is 3.78. The molecule has 1 aromatic rings. The number of nitrogens with zero attached hydrogens (tertiary/aromatic N) is 1. The summed E-state index contributed by atoms with van der Waals surface area (Å²) in [5.41, 5.74) is 2.27. The molecule has 1 aliphatic heterocycles. The van der Waals surface area contributed by atoms with Crippen molar-refractivity contribution in [3.05, 3.63) is 51.6 Å². The van der Waals surface area contributed by atoms with Crippen LogP contribution in [0.4, 0.5) is 5.69 Å². The molecule has 4 heteroatoms. The van der Waals surface area contributed by atoms with E-state index in [0.717, 1.165) is 18.4 Å². The molecule has 0 unspecified atom stereocenters. The zero-order chi connectivity index (χ0) is 13.1. The van der Waals surface area contributed by atoms with Gasteiger partial charge in [-0.25, -0.2) is 0 Å². The van der Waals surface area contributed by atoms with Gasteiger partial charge >= 0.3 is 0 Å². The minimum absolute atomic E-state index is 0.0846. The second kappa shape index (κ2) is 5.31. The third kappa shape index (κ3) is 2.96. The van der Waals surface area contributed by atoms with E-state index in [2.05, 4.69) is 13.0 Å². The lowest BCUT2D eigenvalue weighted by Crippen LogP contribution is -2.11. The molecule has 1 heterocycles. The van der Waals surface area contributed by atoms with Gasteiger partial charge in [0.2, 0.25) is 0 Å². The molecule has 0 saturated carbocycles. The first-order valence-electron chi connectivity index (χ1n) is 6.11. The van der Waals surface area contributed by atoms with Gasteiger partial charge in [0.15, 0.2) is 0 Å². The number of hydrogen-bond acceptors (Lipinski definition) is 3. The maximum absolute atomic E-state index is 10.8. The first-order chi connectivity index (χ1) is 8.56. The van der Waals surface area contributed by atoms with Gasteiger partial charge in [-0.3, -0.25) is 10.1 Å². The monoisotopic (exact) mass is 247 g/mol. The van der Waals surface area contributed by atoms with Gasteiger partial charge in [0, 0.05) is 12.1 Å². The Morgan fingerprint density at radius 3 is 2.94 bits per heavy atom. The van der Waals surface area contributed by atoms with Crippen LogP contribution >= 0.6 is 0 Å². The summed E-state index contributed by atoms with van der Waals surface area (Å²) in [6.45, 7) is 4.10. The second-order valence-corrected chi connectivity index (χ2v) is 4.78. The Bertz CT molecular complexity index is 482. The zero-order valence-electron chi connectivity index (χ0n) is 10.6. The molecule has 0 saturated heterocycles. The van der Waals surface area contributed by atoms with Crippen LogP contribution in [0.3, 0.4) is 0 Å². The summed E-state index contributed by atoms with van der Waals surface area (Å²) in [7, 11) is 0. The number of rotatable bonds is 2. The van der Waals surface area contributed by atoms with Gasteiger partial charge in [-0.1, -0.05) is 23.8 Å². The van der Waals surface area contributed by atoms with Gasteiger partial charge in [-0.05, 0) is 32.3 Å². The Labute approximate surface area is 106 Å². The normalized spacial score (nSPS) is 24.2. The van der Waals surface area contributed by atoms with Crippen LogP contribution < -0.4 is 0 Å². The summed E-state index contributed by atoms with van der Waals surface area (Å²) in [6.07, 6.45) is 3.94. The van der Waals surface area contributed by atoms with E-state index in [0.29, 0.717) is 0 Å². The average Bonchev–Trinajstić information content (AvgIpc) is 2.51. The smallest absolute Gasteiger partial charge is 0.269 e. The molecule has 2 atom stereocenters. The highest BCUT2D eigenvalue weighted by Crippen LogP contribution is 2.31. The highest BCUT2D eigenvalue weighted by Gasteiger charge is 2.20. The molecule has 96 valence electrons. The fourth-order valence-electron chi connectivity index (χ4n) is 2.16.